The molecule has 74 heavy (non-hydrogen) atoms. The molecule has 0 spiro atoms. The number of para-hydroxylation sites is 3. The van der Waals surface area contributed by atoms with Gasteiger partial charge in [0.05, 0.1) is 16.4 Å². The van der Waals surface area contributed by atoms with Crippen molar-refractivity contribution in [3.05, 3.63) is 301 Å². The Morgan fingerprint density at radius 1 is 0.338 bits per heavy atom. The van der Waals surface area contributed by atoms with Gasteiger partial charge in [-0.25, -0.2) is 0 Å². The molecule has 3 heteroatoms. The van der Waals surface area contributed by atoms with Crippen LogP contribution in [-0.4, -0.2) is 4.57 Å². The van der Waals surface area contributed by atoms with Crippen LogP contribution < -0.4 is 4.90 Å². The van der Waals surface area contributed by atoms with E-state index in [-0.39, 0.29) is 0 Å². The molecule has 346 valence electrons. The van der Waals surface area contributed by atoms with Gasteiger partial charge in [-0.1, -0.05) is 218 Å². The molecule has 2 aromatic heterocycles. The van der Waals surface area contributed by atoms with Gasteiger partial charge in [0.1, 0.15) is 11.2 Å². The normalized spacial score (nSPS) is 12.7. The Bertz CT molecular complexity index is 4410. The second-order valence-electron chi connectivity index (χ2n) is 19.5. The maximum Gasteiger partial charge on any atom is 0.143 e. The largest absolute Gasteiger partial charge is 0.455 e. The second-order valence-corrected chi connectivity index (χ2v) is 19.5. The molecule has 14 aromatic rings. The Morgan fingerprint density at radius 3 is 1.64 bits per heavy atom. The average Bonchev–Trinajstić information content (AvgIpc) is 4.17. The minimum Gasteiger partial charge on any atom is -0.455 e. The summed E-state index contributed by atoms with van der Waals surface area (Å²) in [5.74, 6) is 0. The van der Waals surface area contributed by atoms with E-state index in [1.165, 1.54) is 66.0 Å². The van der Waals surface area contributed by atoms with Gasteiger partial charge in [0.15, 0.2) is 0 Å². The van der Waals surface area contributed by atoms with Crippen molar-refractivity contribution in [3.63, 3.8) is 0 Å². The Kier molecular flexibility index (Phi) is 9.48. The number of hydrogen-bond donors (Lipinski definition) is 0. The summed E-state index contributed by atoms with van der Waals surface area (Å²) in [6.45, 7) is 0. The highest BCUT2D eigenvalue weighted by Gasteiger charge is 2.46. The molecule has 0 saturated carbocycles. The first-order chi connectivity index (χ1) is 36.7. The van der Waals surface area contributed by atoms with Crippen LogP contribution >= 0.6 is 0 Å². The van der Waals surface area contributed by atoms with Gasteiger partial charge in [-0.2, -0.15) is 0 Å². The number of anilines is 3. The van der Waals surface area contributed by atoms with Crippen LogP contribution in [0.2, 0.25) is 0 Å². The third-order valence-corrected chi connectivity index (χ3v) is 15.7. The highest BCUT2D eigenvalue weighted by atomic mass is 16.3. The van der Waals surface area contributed by atoms with Gasteiger partial charge in [0, 0.05) is 55.2 Å². The summed E-state index contributed by atoms with van der Waals surface area (Å²) < 4.78 is 8.95. The topological polar surface area (TPSA) is 21.3 Å². The molecule has 0 atom stereocenters. The molecule has 0 unspecified atom stereocenters. The Balaban J connectivity index is 0.854. The number of hydrogen-bond acceptors (Lipinski definition) is 2. The second kappa shape index (κ2) is 16.7. The molecule has 3 nitrogen and oxygen atoms in total. The Labute approximate surface area is 429 Å². The van der Waals surface area contributed by atoms with Gasteiger partial charge >= 0.3 is 0 Å². The van der Waals surface area contributed by atoms with Gasteiger partial charge in [0.2, 0.25) is 0 Å². The summed E-state index contributed by atoms with van der Waals surface area (Å²) in [5, 5.41) is 7.27. The molecule has 1 aliphatic carbocycles. The van der Waals surface area contributed by atoms with Crippen molar-refractivity contribution in [3.8, 4) is 39.1 Å². The van der Waals surface area contributed by atoms with Gasteiger partial charge in [-0.05, 0) is 116 Å². The molecule has 1 aliphatic rings. The predicted molar refractivity (Wildman–Crippen MR) is 308 cm³/mol. The monoisotopic (exact) mass is 942 g/mol. The van der Waals surface area contributed by atoms with Crippen LogP contribution in [0.3, 0.4) is 0 Å². The zero-order valence-electron chi connectivity index (χ0n) is 40.4. The summed E-state index contributed by atoms with van der Waals surface area (Å²) in [4.78, 5) is 2.40. The first kappa shape index (κ1) is 42.0. The summed E-state index contributed by atoms with van der Waals surface area (Å²) in [7, 11) is 0. The van der Waals surface area contributed by atoms with Crippen LogP contribution in [0.15, 0.2) is 283 Å². The van der Waals surface area contributed by atoms with E-state index in [2.05, 4.69) is 276 Å². The molecular formula is C71H46N2O. The van der Waals surface area contributed by atoms with Gasteiger partial charge in [-0.3, -0.25) is 0 Å². The number of aromatic nitrogens is 1. The molecule has 12 aromatic carbocycles. The van der Waals surface area contributed by atoms with Crippen molar-refractivity contribution in [1.29, 1.82) is 0 Å². The molecule has 15 rings (SSSR count). The van der Waals surface area contributed by atoms with E-state index in [1.807, 2.05) is 12.1 Å². The van der Waals surface area contributed by atoms with Crippen LogP contribution in [0.4, 0.5) is 17.1 Å². The average molecular weight is 943 g/mol. The van der Waals surface area contributed by atoms with Crippen LogP contribution in [0.1, 0.15) is 22.3 Å². The fourth-order valence-corrected chi connectivity index (χ4v) is 12.4. The molecule has 0 aliphatic heterocycles. The fourth-order valence-electron chi connectivity index (χ4n) is 12.4. The zero-order valence-corrected chi connectivity index (χ0v) is 40.4. The van der Waals surface area contributed by atoms with Crippen molar-refractivity contribution in [2.45, 2.75) is 5.41 Å². The quantitative estimate of drug-likeness (QED) is 0.151. The minimum atomic E-state index is -0.482. The maximum absolute atomic E-state index is 6.52. The summed E-state index contributed by atoms with van der Waals surface area (Å²) in [6.07, 6.45) is 0. The molecule has 0 N–H and O–H groups in total. The first-order valence-corrected chi connectivity index (χ1v) is 25.5. The van der Waals surface area contributed by atoms with Crippen molar-refractivity contribution in [2.24, 2.45) is 0 Å². The number of rotatable bonds is 8. The van der Waals surface area contributed by atoms with E-state index in [1.54, 1.807) is 0 Å². The van der Waals surface area contributed by atoms with Crippen LogP contribution in [0.25, 0.3) is 93.6 Å². The summed E-state index contributed by atoms with van der Waals surface area (Å²) in [5.41, 5.74) is 20.2. The van der Waals surface area contributed by atoms with Gasteiger partial charge in [0.25, 0.3) is 0 Å². The van der Waals surface area contributed by atoms with Crippen molar-refractivity contribution < 1.29 is 4.42 Å². The maximum atomic E-state index is 6.52. The lowest BCUT2D eigenvalue weighted by Crippen LogP contribution is -2.28. The third kappa shape index (κ3) is 6.33. The minimum absolute atomic E-state index is 0.482. The Morgan fingerprint density at radius 2 is 0.892 bits per heavy atom. The van der Waals surface area contributed by atoms with Crippen LogP contribution in [0, 0.1) is 0 Å². The lowest BCUT2D eigenvalue weighted by Gasteiger charge is -2.34. The molecule has 0 amide bonds. The van der Waals surface area contributed by atoms with E-state index in [0.717, 1.165) is 66.9 Å². The zero-order chi connectivity index (χ0) is 48.7. The van der Waals surface area contributed by atoms with Gasteiger partial charge in [-0.15, -0.1) is 0 Å². The van der Waals surface area contributed by atoms with Crippen molar-refractivity contribution in [2.75, 3.05) is 4.90 Å². The predicted octanol–water partition coefficient (Wildman–Crippen LogP) is 19.0. The molecule has 0 fully saturated rings. The van der Waals surface area contributed by atoms with E-state index in [9.17, 15) is 0 Å². The lowest BCUT2D eigenvalue weighted by molar-refractivity contribution is 0.670. The molecule has 0 radical (unpaired) electrons. The third-order valence-electron chi connectivity index (χ3n) is 15.7. The molecular weight excluding hydrogens is 897 g/mol. The van der Waals surface area contributed by atoms with Crippen molar-refractivity contribution >= 4 is 71.6 Å². The number of nitrogens with zero attached hydrogens (tertiary/aromatic N) is 2. The van der Waals surface area contributed by atoms with Crippen LogP contribution in [-0.2, 0) is 5.41 Å². The summed E-state index contributed by atoms with van der Waals surface area (Å²) >= 11 is 0. The highest BCUT2D eigenvalue weighted by molar-refractivity contribution is 6.18. The molecule has 0 bridgehead atoms. The Hall–Kier alpha value is -9.70. The van der Waals surface area contributed by atoms with E-state index < -0.39 is 5.41 Å². The molecule has 0 saturated heterocycles. The first-order valence-electron chi connectivity index (χ1n) is 25.5. The van der Waals surface area contributed by atoms with Gasteiger partial charge < -0.3 is 13.9 Å². The SMILES string of the molecule is c1ccc(C2(c3ccccc3)c3ccccc3-c3cc(N(c4ccc(-c5ccc(-n6c7ccccc7c7ccc8ccccc8c76)cc5)cc4)c4ccc(-c5cccc6c5oc5ccccc56)cc4)ccc32)cc1. The van der Waals surface area contributed by atoms with E-state index >= 15 is 0 Å². The smallest absolute Gasteiger partial charge is 0.143 e. The van der Waals surface area contributed by atoms with E-state index in [0.29, 0.717) is 0 Å². The molecule has 2 heterocycles. The number of fused-ring (bicyclic) bond motifs is 11. The van der Waals surface area contributed by atoms with Crippen molar-refractivity contribution in [1.82, 2.24) is 4.57 Å². The number of furan rings is 1. The highest BCUT2D eigenvalue weighted by Crippen LogP contribution is 2.57. The van der Waals surface area contributed by atoms with E-state index in [4.69, 9.17) is 4.42 Å². The fraction of sp³-hybridized carbons (Fsp3) is 0.0141. The summed E-state index contributed by atoms with van der Waals surface area (Å²) in [6, 6.07) is 102. The lowest BCUT2D eigenvalue weighted by atomic mass is 9.68. The standard InChI is InChI=1S/C71H46N2O/c1-3-17-51(18-4-1)71(52-19-5-2-6-20-52)65-27-12-9-22-59(65)64-46-56(43-45-66(64)71)72(54-41-34-50(35-42-54)58-25-15-26-63-61-24-11-14-29-68(61)74-70(58)63)53-37-30-47(31-38-53)48-32-39-55(40-33-48)73-67-28-13-10-23-60(67)62-44-36-49-16-7-8-21-57(49)69(62)73/h1-46H. The number of benzene rings is 12. The van der Waals surface area contributed by atoms with Crippen LogP contribution in [0.5, 0.6) is 0 Å².